The molecule has 0 fully saturated rings. The zero-order valence-corrected chi connectivity index (χ0v) is 14.9. The van der Waals surface area contributed by atoms with E-state index in [4.69, 9.17) is 4.74 Å². The number of carbonyl (C=O) groups excluding carboxylic acids is 3. The molecule has 0 aliphatic carbocycles. The van der Waals surface area contributed by atoms with Crippen LogP contribution in [0.5, 0.6) is 0 Å². The highest BCUT2D eigenvalue weighted by Gasteiger charge is 2.29. The number of hydrogen-bond donors (Lipinski definition) is 3. The number of esters is 1. The Hall–Kier alpha value is -2.12. The van der Waals surface area contributed by atoms with Crippen LogP contribution in [0.3, 0.4) is 0 Å². The molecule has 0 spiro atoms. The maximum Gasteiger partial charge on any atom is 0.326 e. The lowest BCUT2D eigenvalue weighted by molar-refractivity contribution is -0.149. The Balaban J connectivity index is 4.94. The fourth-order valence-corrected chi connectivity index (χ4v) is 2.18. The summed E-state index contributed by atoms with van der Waals surface area (Å²) in [6.45, 7) is 8.47. The second kappa shape index (κ2) is 10.6. The second-order valence-electron chi connectivity index (χ2n) is 6.17. The number of carbonyl (C=O) groups is 4. The van der Waals surface area contributed by atoms with Crippen molar-refractivity contribution in [2.45, 2.75) is 59.5 Å². The van der Waals surface area contributed by atoms with Gasteiger partial charge in [-0.1, -0.05) is 20.8 Å². The van der Waals surface area contributed by atoms with E-state index in [2.05, 4.69) is 10.6 Å². The van der Waals surface area contributed by atoms with Crippen molar-refractivity contribution in [3.63, 3.8) is 0 Å². The van der Waals surface area contributed by atoms with Gasteiger partial charge in [0.05, 0.1) is 12.5 Å². The first-order chi connectivity index (χ1) is 11.1. The van der Waals surface area contributed by atoms with Crippen LogP contribution in [0.25, 0.3) is 0 Å². The van der Waals surface area contributed by atoms with E-state index in [1.807, 2.05) is 13.8 Å². The summed E-state index contributed by atoms with van der Waals surface area (Å²) in [4.78, 5) is 46.5. The van der Waals surface area contributed by atoms with Crippen LogP contribution in [0, 0.1) is 11.8 Å². The lowest BCUT2D eigenvalue weighted by Crippen LogP contribution is -2.52. The average Bonchev–Trinajstić information content (AvgIpc) is 2.44. The van der Waals surface area contributed by atoms with Gasteiger partial charge in [0, 0.05) is 6.92 Å². The Labute approximate surface area is 142 Å². The predicted octanol–water partition coefficient (Wildman–Crippen LogP) is 0.696. The SMILES string of the molecule is CCOC(=O)[C@H](C)C[C@H](NC(=O)[C@H](CC(C)C)NC(C)=O)C(=O)O. The van der Waals surface area contributed by atoms with Crippen molar-refractivity contribution in [1.82, 2.24) is 10.6 Å². The van der Waals surface area contributed by atoms with Crippen LogP contribution in [0.15, 0.2) is 0 Å². The molecule has 0 unspecified atom stereocenters. The van der Waals surface area contributed by atoms with Crippen LogP contribution in [0.4, 0.5) is 0 Å². The third kappa shape index (κ3) is 8.50. The molecule has 8 nitrogen and oxygen atoms in total. The normalized spacial score (nSPS) is 14.4. The molecule has 0 saturated heterocycles. The maximum absolute atomic E-state index is 12.3. The lowest BCUT2D eigenvalue weighted by Gasteiger charge is -2.23. The van der Waals surface area contributed by atoms with Gasteiger partial charge in [-0.25, -0.2) is 4.79 Å². The van der Waals surface area contributed by atoms with Gasteiger partial charge in [-0.15, -0.1) is 0 Å². The monoisotopic (exact) mass is 344 g/mol. The van der Waals surface area contributed by atoms with Gasteiger partial charge in [-0.05, 0) is 25.7 Å². The van der Waals surface area contributed by atoms with E-state index >= 15 is 0 Å². The lowest BCUT2D eigenvalue weighted by atomic mass is 9.99. The van der Waals surface area contributed by atoms with Crippen molar-refractivity contribution >= 4 is 23.8 Å². The van der Waals surface area contributed by atoms with Crippen LogP contribution in [-0.2, 0) is 23.9 Å². The van der Waals surface area contributed by atoms with Crippen LogP contribution in [0.2, 0.25) is 0 Å². The summed E-state index contributed by atoms with van der Waals surface area (Å²) in [5, 5.41) is 14.2. The van der Waals surface area contributed by atoms with E-state index in [0.29, 0.717) is 6.42 Å². The number of aliphatic carboxylic acids is 1. The zero-order valence-electron chi connectivity index (χ0n) is 14.9. The fraction of sp³-hybridized carbons (Fsp3) is 0.750. The highest BCUT2D eigenvalue weighted by Crippen LogP contribution is 2.11. The molecule has 0 aromatic carbocycles. The molecule has 0 saturated carbocycles. The number of amides is 2. The Morgan fingerprint density at radius 1 is 1.00 bits per heavy atom. The molecule has 0 bridgehead atoms. The first kappa shape index (κ1) is 21.9. The summed E-state index contributed by atoms with van der Waals surface area (Å²) >= 11 is 0. The van der Waals surface area contributed by atoms with E-state index in [9.17, 15) is 24.3 Å². The smallest absolute Gasteiger partial charge is 0.326 e. The third-order valence-corrected chi connectivity index (χ3v) is 3.29. The quantitative estimate of drug-likeness (QED) is 0.501. The van der Waals surface area contributed by atoms with Crippen molar-refractivity contribution in [1.29, 1.82) is 0 Å². The van der Waals surface area contributed by atoms with E-state index < -0.39 is 35.8 Å². The van der Waals surface area contributed by atoms with E-state index in [1.165, 1.54) is 6.92 Å². The van der Waals surface area contributed by atoms with Crippen molar-refractivity contribution in [3.05, 3.63) is 0 Å². The minimum absolute atomic E-state index is 0.0889. The molecule has 3 N–H and O–H groups in total. The van der Waals surface area contributed by atoms with E-state index in [1.54, 1.807) is 13.8 Å². The van der Waals surface area contributed by atoms with Crippen molar-refractivity contribution in [2.24, 2.45) is 11.8 Å². The number of rotatable bonds is 10. The van der Waals surface area contributed by atoms with Crippen molar-refractivity contribution in [2.75, 3.05) is 6.61 Å². The van der Waals surface area contributed by atoms with Crippen molar-refractivity contribution in [3.8, 4) is 0 Å². The Morgan fingerprint density at radius 3 is 2.00 bits per heavy atom. The summed E-state index contributed by atoms with van der Waals surface area (Å²) in [7, 11) is 0. The number of carboxylic acid groups (broad SMARTS) is 1. The van der Waals surface area contributed by atoms with Crippen LogP contribution in [-0.4, -0.2) is 47.6 Å². The van der Waals surface area contributed by atoms with Crippen LogP contribution >= 0.6 is 0 Å². The first-order valence-corrected chi connectivity index (χ1v) is 8.05. The minimum atomic E-state index is -1.24. The maximum atomic E-state index is 12.3. The molecule has 0 heterocycles. The average molecular weight is 344 g/mol. The molecule has 0 aromatic heterocycles. The van der Waals surface area contributed by atoms with Gasteiger partial charge in [0.15, 0.2) is 0 Å². The number of nitrogens with one attached hydrogen (secondary N) is 2. The molecule has 0 rings (SSSR count). The summed E-state index contributed by atoms with van der Waals surface area (Å²) in [5.74, 6) is -3.25. The van der Waals surface area contributed by atoms with E-state index in [-0.39, 0.29) is 24.9 Å². The molecule has 3 atom stereocenters. The molecule has 24 heavy (non-hydrogen) atoms. The largest absolute Gasteiger partial charge is 0.480 e. The van der Waals surface area contributed by atoms with E-state index in [0.717, 1.165) is 0 Å². The van der Waals surface area contributed by atoms with Gasteiger partial charge in [-0.2, -0.15) is 0 Å². The fourth-order valence-electron chi connectivity index (χ4n) is 2.18. The van der Waals surface area contributed by atoms with Crippen LogP contribution < -0.4 is 10.6 Å². The second-order valence-corrected chi connectivity index (χ2v) is 6.17. The van der Waals surface area contributed by atoms with Gasteiger partial charge >= 0.3 is 11.9 Å². The molecule has 2 amide bonds. The molecule has 138 valence electrons. The highest BCUT2D eigenvalue weighted by atomic mass is 16.5. The van der Waals surface area contributed by atoms with Gasteiger partial charge in [0.1, 0.15) is 12.1 Å². The molecular formula is C16H28N2O6. The molecule has 0 aromatic rings. The summed E-state index contributed by atoms with van der Waals surface area (Å²) in [6, 6.07) is -2.05. The van der Waals surface area contributed by atoms with Gasteiger partial charge in [0.2, 0.25) is 11.8 Å². The Bertz CT molecular complexity index is 463. The van der Waals surface area contributed by atoms with Crippen LogP contribution in [0.1, 0.15) is 47.5 Å². The predicted molar refractivity (Wildman–Crippen MR) is 87.0 cm³/mol. The molecule has 0 aliphatic rings. The number of hydrogen-bond acceptors (Lipinski definition) is 5. The summed E-state index contributed by atoms with van der Waals surface area (Å²) in [5.41, 5.74) is 0. The van der Waals surface area contributed by atoms with Gasteiger partial charge in [-0.3, -0.25) is 14.4 Å². The minimum Gasteiger partial charge on any atom is -0.480 e. The molecular weight excluding hydrogens is 316 g/mol. The topological polar surface area (TPSA) is 122 Å². The van der Waals surface area contributed by atoms with Gasteiger partial charge in [0.25, 0.3) is 0 Å². The summed E-state index contributed by atoms with van der Waals surface area (Å²) < 4.78 is 4.84. The zero-order chi connectivity index (χ0) is 18.9. The van der Waals surface area contributed by atoms with Gasteiger partial charge < -0.3 is 20.5 Å². The number of carboxylic acids is 1. The standard InChI is InChI=1S/C16H28N2O6/c1-6-24-16(23)10(4)8-13(15(21)22)18-14(20)12(7-9(2)3)17-11(5)19/h9-10,12-13H,6-8H2,1-5H3,(H,17,19)(H,18,20)(H,21,22)/t10-,12+,13+/m1/s1. The summed E-state index contributed by atoms with van der Waals surface area (Å²) in [6.07, 6.45) is 0.291. The Morgan fingerprint density at radius 2 is 1.58 bits per heavy atom. The van der Waals surface area contributed by atoms with Crippen molar-refractivity contribution < 1.29 is 29.0 Å². The Kier molecular flexibility index (Phi) is 9.68. The number of ether oxygens (including phenoxy) is 1. The first-order valence-electron chi connectivity index (χ1n) is 8.05. The molecule has 0 aliphatic heterocycles. The molecule has 8 heteroatoms. The third-order valence-electron chi connectivity index (χ3n) is 3.29. The molecule has 0 radical (unpaired) electrons. The highest BCUT2D eigenvalue weighted by molar-refractivity contribution is 5.90.